The number of para-hydroxylation sites is 1. The van der Waals surface area contributed by atoms with E-state index >= 15 is 0 Å². The monoisotopic (exact) mass is 453 g/mol. The molecule has 0 spiro atoms. The zero-order valence-corrected chi connectivity index (χ0v) is 18.2. The van der Waals surface area contributed by atoms with E-state index in [2.05, 4.69) is 5.32 Å². The van der Waals surface area contributed by atoms with Crippen LogP contribution in [0.5, 0.6) is 5.75 Å². The smallest absolute Gasteiger partial charge is 0.259 e. The van der Waals surface area contributed by atoms with Crippen LogP contribution in [0.1, 0.15) is 15.9 Å². The molecule has 0 atom stereocenters. The van der Waals surface area contributed by atoms with Gasteiger partial charge in [-0.2, -0.15) is 4.31 Å². The molecular formula is C23H23N3O5S. The highest BCUT2D eigenvalue weighted by Crippen LogP contribution is 2.22. The van der Waals surface area contributed by atoms with Gasteiger partial charge in [0.1, 0.15) is 5.75 Å². The average Bonchev–Trinajstić information content (AvgIpc) is 2.79. The second-order valence-electron chi connectivity index (χ2n) is 6.98. The number of ether oxygens (including phenoxy) is 1. The number of carbonyl (C=O) groups excluding carboxylic acids is 2. The molecule has 3 aromatic rings. The summed E-state index contributed by atoms with van der Waals surface area (Å²) < 4.78 is 32.2. The van der Waals surface area contributed by atoms with E-state index < -0.39 is 21.8 Å². The largest absolute Gasteiger partial charge is 0.483 e. The number of nitrogens with two attached hydrogens (primary N) is 1. The highest BCUT2D eigenvalue weighted by Gasteiger charge is 2.21. The molecule has 0 aliphatic rings. The maximum absolute atomic E-state index is 12.8. The first-order valence-electron chi connectivity index (χ1n) is 9.69. The Morgan fingerprint density at radius 1 is 0.938 bits per heavy atom. The predicted octanol–water partition coefficient (Wildman–Crippen LogP) is 2.62. The molecule has 166 valence electrons. The molecule has 0 bridgehead atoms. The standard InChI is InChI=1S/C23H23N3O5S/c1-26(15-17-7-3-2-4-8-17)32(29,30)19-13-11-18(12-14-19)25-23(28)20-9-5-6-10-21(20)31-16-22(24)27/h2-14H,15-16H2,1H3,(H2,24,27)(H,25,28). The van der Waals surface area contributed by atoms with Gasteiger partial charge >= 0.3 is 0 Å². The molecule has 2 amide bonds. The summed E-state index contributed by atoms with van der Waals surface area (Å²) in [4.78, 5) is 23.7. The zero-order chi connectivity index (χ0) is 23.1. The first-order chi connectivity index (χ1) is 15.3. The van der Waals surface area contributed by atoms with E-state index in [1.54, 1.807) is 24.3 Å². The lowest BCUT2D eigenvalue weighted by atomic mass is 10.2. The molecule has 0 unspecified atom stereocenters. The molecule has 0 fully saturated rings. The van der Waals surface area contributed by atoms with Crippen LogP contribution in [0.3, 0.4) is 0 Å². The molecule has 3 rings (SSSR count). The van der Waals surface area contributed by atoms with E-state index in [1.165, 1.54) is 35.6 Å². The van der Waals surface area contributed by atoms with Crippen molar-refractivity contribution in [1.82, 2.24) is 4.31 Å². The average molecular weight is 454 g/mol. The normalized spacial score (nSPS) is 11.2. The molecule has 0 saturated carbocycles. The lowest BCUT2D eigenvalue weighted by Gasteiger charge is -2.17. The van der Waals surface area contributed by atoms with Crippen LogP contribution in [-0.2, 0) is 21.4 Å². The molecule has 3 aromatic carbocycles. The number of nitrogens with zero attached hydrogens (tertiary/aromatic N) is 1. The van der Waals surface area contributed by atoms with Crippen LogP contribution in [-0.4, -0.2) is 38.2 Å². The molecule has 0 aromatic heterocycles. The van der Waals surface area contributed by atoms with Crippen molar-refractivity contribution in [2.75, 3.05) is 19.0 Å². The number of rotatable bonds is 9. The van der Waals surface area contributed by atoms with Crippen LogP contribution in [0.25, 0.3) is 0 Å². The van der Waals surface area contributed by atoms with Gasteiger partial charge in [0, 0.05) is 19.3 Å². The molecule has 0 radical (unpaired) electrons. The third kappa shape index (κ3) is 5.71. The Kier molecular flexibility index (Phi) is 7.24. The van der Waals surface area contributed by atoms with Crippen LogP contribution in [0.2, 0.25) is 0 Å². The lowest BCUT2D eigenvalue weighted by molar-refractivity contribution is -0.119. The number of nitrogens with one attached hydrogen (secondary N) is 1. The number of amides is 2. The van der Waals surface area contributed by atoms with Crippen molar-refractivity contribution in [3.05, 3.63) is 90.0 Å². The molecule has 0 heterocycles. The fraction of sp³-hybridized carbons (Fsp3) is 0.130. The molecule has 8 nitrogen and oxygen atoms in total. The summed E-state index contributed by atoms with van der Waals surface area (Å²) in [5.41, 5.74) is 6.58. The number of hydrogen-bond acceptors (Lipinski definition) is 5. The van der Waals surface area contributed by atoms with Gasteiger partial charge < -0.3 is 15.8 Å². The Labute approximate surface area is 186 Å². The minimum atomic E-state index is -3.70. The van der Waals surface area contributed by atoms with Gasteiger partial charge in [0.15, 0.2) is 6.61 Å². The van der Waals surface area contributed by atoms with Crippen molar-refractivity contribution >= 4 is 27.5 Å². The third-order valence-corrected chi connectivity index (χ3v) is 6.39. The van der Waals surface area contributed by atoms with E-state index in [9.17, 15) is 18.0 Å². The Balaban J connectivity index is 1.71. The topological polar surface area (TPSA) is 119 Å². The molecule has 0 aliphatic heterocycles. The summed E-state index contributed by atoms with van der Waals surface area (Å²) in [5.74, 6) is -0.915. The molecule has 0 saturated heterocycles. The Hall–Kier alpha value is -3.69. The summed E-state index contributed by atoms with van der Waals surface area (Å²) >= 11 is 0. The highest BCUT2D eigenvalue weighted by molar-refractivity contribution is 7.89. The molecule has 9 heteroatoms. The van der Waals surface area contributed by atoms with Crippen LogP contribution < -0.4 is 15.8 Å². The maximum Gasteiger partial charge on any atom is 0.259 e. The first kappa shape index (κ1) is 23.0. The van der Waals surface area contributed by atoms with E-state index in [1.807, 2.05) is 30.3 Å². The minimum absolute atomic E-state index is 0.110. The van der Waals surface area contributed by atoms with Crippen LogP contribution in [0.15, 0.2) is 83.8 Å². The fourth-order valence-electron chi connectivity index (χ4n) is 2.94. The number of sulfonamides is 1. The van der Waals surface area contributed by atoms with Gasteiger partial charge in [-0.15, -0.1) is 0 Å². The van der Waals surface area contributed by atoms with E-state index in [4.69, 9.17) is 10.5 Å². The second kappa shape index (κ2) is 10.1. The van der Waals surface area contributed by atoms with E-state index in [-0.39, 0.29) is 29.4 Å². The second-order valence-corrected chi connectivity index (χ2v) is 9.02. The number of primary amides is 1. The number of hydrogen-bond donors (Lipinski definition) is 2. The third-order valence-electron chi connectivity index (χ3n) is 4.57. The lowest BCUT2D eigenvalue weighted by Crippen LogP contribution is -2.26. The van der Waals surface area contributed by atoms with Crippen LogP contribution >= 0.6 is 0 Å². The molecule has 32 heavy (non-hydrogen) atoms. The van der Waals surface area contributed by atoms with Gasteiger partial charge in [-0.1, -0.05) is 42.5 Å². The summed E-state index contributed by atoms with van der Waals surface area (Å²) in [6.07, 6.45) is 0. The highest BCUT2D eigenvalue weighted by atomic mass is 32.2. The van der Waals surface area contributed by atoms with E-state index in [0.29, 0.717) is 5.69 Å². The van der Waals surface area contributed by atoms with Gasteiger partial charge in [-0.3, -0.25) is 9.59 Å². The Morgan fingerprint density at radius 3 is 2.22 bits per heavy atom. The summed E-state index contributed by atoms with van der Waals surface area (Å²) in [5, 5.41) is 2.69. The summed E-state index contributed by atoms with van der Waals surface area (Å²) in [6, 6.07) is 21.6. The SMILES string of the molecule is CN(Cc1ccccc1)S(=O)(=O)c1ccc(NC(=O)c2ccccc2OCC(N)=O)cc1. The number of anilines is 1. The molecule has 0 aliphatic carbocycles. The number of carbonyl (C=O) groups is 2. The molecule has 3 N–H and O–H groups in total. The van der Waals surface area contributed by atoms with Gasteiger partial charge in [-0.05, 0) is 42.0 Å². The van der Waals surface area contributed by atoms with Gasteiger partial charge in [0.05, 0.1) is 10.5 Å². The van der Waals surface area contributed by atoms with Crippen molar-refractivity contribution in [2.24, 2.45) is 5.73 Å². The van der Waals surface area contributed by atoms with Gasteiger partial charge in [0.25, 0.3) is 11.8 Å². The van der Waals surface area contributed by atoms with Crippen molar-refractivity contribution < 1.29 is 22.7 Å². The molecular weight excluding hydrogens is 430 g/mol. The fourth-order valence-corrected chi connectivity index (χ4v) is 4.10. The quantitative estimate of drug-likeness (QED) is 0.516. The number of benzene rings is 3. The van der Waals surface area contributed by atoms with Crippen molar-refractivity contribution in [1.29, 1.82) is 0 Å². The predicted molar refractivity (Wildman–Crippen MR) is 121 cm³/mol. The van der Waals surface area contributed by atoms with Gasteiger partial charge in [-0.25, -0.2) is 8.42 Å². The zero-order valence-electron chi connectivity index (χ0n) is 17.4. The van der Waals surface area contributed by atoms with Crippen LogP contribution in [0, 0.1) is 0 Å². The first-order valence-corrected chi connectivity index (χ1v) is 11.1. The van der Waals surface area contributed by atoms with Crippen molar-refractivity contribution in [3.8, 4) is 5.75 Å². The van der Waals surface area contributed by atoms with E-state index in [0.717, 1.165) is 5.56 Å². The van der Waals surface area contributed by atoms with Gasteiger partial charge in [0.2, 0.25) is 10.0 Å². The summed E-state index contributed by atoms with van der Waals surface area (Å²) in [7, 11) is -2.19. The van der Waals surface area contributed by atoms with Crippen molar-refractivity contribution in [3.63, 3.8) is 0 Å². The maximum atomic E-state index is 12.8. The minimum Gasteiger partial charge on any atom is -0.483 e. The Morgan fingerprint density at radius 2 is 1.56 bits per heavy atom. The summed E-state index contributed by atoms with van der Waals surface area (Å²) in [6.45, 7) is -0.114. The van der Waals surface area contributed by atoms with Crippen molar-refractivity contribution in [2.45, 2.75) is 11.4 Å². The Bertz CT molecular complexity index is 1200. The van der Waals surface area contributed by atoms with Crippen LogP contribution in [0.4, 0.5) is 5.69 Å².